The van der Waals surface area contributed by atoms with Crippen LogP contribution >= 0.6 is 0 Å². The number of esters is 2. The molecule has 62 heavy (non-hydrogen) atoms. The van der Waals surface area contributed by atoms with Crippen molar-refractivity contribution in [3.63, 3.8) is 0 Å². The molecule has 7 bridgehead atoms. The molecule has 6 fully saturated rings. The van der Waals surface area contributed by atoms with Gasteiger partial charge in [0.2, 0.25) is 0 Å². The Balaban J connectivity index is 1.20. The number of piperidine rings is 1. The highest BCUT2D eigenvalue weighted by Crippen LogP contribution is 2.80. The zero-order chi connectivity index (χ0) is 44.3. The Hall–Kier alpha value is -2.68. The Morgan fingerprint density at radius 3 is 2.18 bits per heavy atom. The summed E-state index contributed by atoms with van der Waals surface area (Å²) in [5, 5.41) is 38.4. The van der Waals surface area contributed by atoms with E-state index >= 15 is 0 Å². The van der Waals surface area contributed by atoms with Crippen LogP contribution in [-0.4, -0.2) is 134 Å². The number of aliphatic hydroxyl groups is 3. The Bertz CT molecular complexity index is 1720. The lowest BCUT2D eigenvalue weighted by Crippen LogP contribution is -2.81. The predicted octanol–water partition coefficient (Wildman–Crippen LogP) is 6.44. The van der Waals surface area contributed by atoms with Crippen LogP contribution in [0.2, 0.25) is 0 Å². The monoisotopic (exact) mass is 866 g/mol. The third kappa shape index (κ3) is 7.54. The zero-order valence-corrected chi connectivity index (χ0v) is 38.1. The Morgan fingerprint density at radius 1 is 0.839 bits per heavy atom. The average molecular weight is 866 g/mol. The summed E-state index contributed by atoms with van der Waals surface area (Å²) in [6.07, 6.45) is 15.2. The van der Waals surface area contributed by atoms with E-state index in [4.69, 9.17) is 28.4 Å². The summed E-state index contributed by atoms with van der Waals surface area (Å²) in [6, 6.07) is 8.29. The second kappa shape index (κ2) is 19.8. The lowest BCUT2D eigenvalue weighted by molar-refractivity contribution is -0.323. The summed E-state index contributed by atoms with van der Waals surface area (Å²) in [4.78, 5) is 31.0. The highest BCUT2D eigenvalue weighted by molar-refractivity contribution is 5.89. The van der Waals surface area contributed by atoms with E-state index in [1.807, 2.05) is 6.07 Å². The number of carbonyl (C=O) groups excluding carboxylic acids is 2. The summed E-state index contributed by atoms with van der Waals surface area (Å²) in [6.45, 7) is 5.63. The number of hydrogen-bond acceptors (Lipinski definition) is 12. The first kappa shape index (κ1) is 47.3. The fourth-order valence-corrected chi connectivity index (χ4v) is 14.4. The van der Waals surface area contributed by atoms with Crippen LogP contribution in [-0.2, 0) is 33.2 Å². The van der Waals surface area contributed by atoms with Gasteiger partial charge in [0.15, 0.2) is 5.60 Å². The molecule has 6 aliphatic rings. The fourth-order valence-electron chi connectivity index (χ4n) is 14.4. The SMILES string of the molecule is CCCCC/C=C\C/C=C\CCCCCCCC(=O)O[C@@]12[C@@H]3[C@@H](C[C@@](O)([C@@H]3OC(=O)c3ccccc3)[C@@H](OC)[C@@H]1O)C13C(OC)C[C@@H](O)[C@@]4(COC)CN(CC)[C@@H]1[C@@H]2[C@H](OC)[C@@H]34. The molecule has 1 aromatic carbocycles. The molecule has 12 heteroatoms. The molecule has 5 aliphatic carbocycles. The number of rotatable bonds is 23. The quantitative estimate of drug-likeness (QED) is 0.0631. The van der Waals surface area contributed by atoms with Crippen molar-refractivity contribution < 1.29 is 53.3 Å². The summed E-state index contributed by atoms with van der Waals surface area (Å²) < 4.78 is 38.7. The number of allylic oxidation sites excluding steroid dienone is 4. The first-order valence-electron chi connectivity index (χ1n) is 23.7. The van der Waals surface area contributed by atoms with Gasteiger partial charge in [0.05, 0.1) is 30.5 Å². The Kier molecular flexibility index (Phi) is 15.1. The van der Waals surface area contributed by atoms with E-state index < -0.39 is 88.3 Å². The van der Waals surface area contributed by atoms with Gasteiger partial charge in [-0.1, -0.05) is 88.5 Å². The molecule has 15 atom stereocenters. The lowest BCUT2D eigenvalue weighted by atomic mass is 9.42. The largest absolute Gasteiger partial charge is 0.455 e. The molecular weight excluding hydrogens is 791 g/mol. The van der Waals surface area contributed by atoms with Gasteiger partial charge in [-0.3, -0.25) is 9.69 Å². The van der Waals surface area contributed by atoms with E-state index in [9.17, 15) is 24.9 Å². The summed E-state index contributed by atoms with van der Waals surface area (Å²) in [5.74, 6) is -3.53. The maximum atomic E-state index is 14.6. The molecule has 5 saturated carbocycles. The normalized spacial score (nSPS) is 40.4. The van der Waals surface area contributed by atoms with Crippen LogP contribution < -0.4 is 0 Å². The van der Waals surface area contributed by atoms with E-state index in [0.717, 1.165) is 44.9 Å². The van der Waals surface area contributed by atoms with E-state index in [1.54, 1.807) is 45.6 Å². The van der Waals surface area contributed by atoms with Crippen LogP contribution in [0.25, 0.3) is 0 Å². The van der Waals surface area contributed by atoms with Gasteiger partial charge in [0.1, 0.15) is 23.9 Å². The Morgan fingerprint density at radius 2 is 1.53 bits per heavy atom. The maximum Gasteiger partial charge on any atom is 0.338 e. The standard InChI is InChI=1S/C50H75NO11/c1-7-9-10-11-12-13-14-15-16-17-18-19-20-21-25-28-37(53)62-50-38-34(30-48(56,45(60-6)43(50)54)44(38)61-46(55)33-26-23-22-24-27-33)49-36(58-4)29-35(52)47(32-57-3)31-51(8-2)42(49)39(50)40(59-5)41(47)49/h12-13,15-16,22-24,26-27,34-36,38-45,52,54,56H,7-11,14,17-21,25,28-32H2,1-6H3/b13-12-,16-15-/t34-,35-,36?,38-,39+,40+,41-,42-,43+,44-,45+,47+,48-,49?,50-/m1/s1. The van der Waals surface area contributed by atoms with Crippen molar-refractivity contribution in [1.82, 2.24) is 4.90 Å². The third-order valence-corrected chi connectivity index (χ3v) is 16.5. The molecule has 1 heterocycles. The number of fused-ring (bicyclic) bond motifs is 2. The summed E-state index contributed by atoms with van der Waals surface area (Å²) >= 11 is 0. The molecule has 346 valence electrons. The van der Waals surface area contributed by atoms with Crippen LogP contribution in [0.1, 0.15) is 114 Å². The van der Waals surface area contributed by atoms with Crippen LogP contribution in [0, 0.1) is 34.5 Å². The van der Waals surface area contributed by atoms with Crippen molar-refractivity contribution in [2.45, 2.75) is 158 Å². The third-order valence-electron chi connectivity index (χ3n) is 16.5. The molecule has 7 rings (SSSR count). The number of unbranched alkanes of at least 4 members (excludes halogenated alkanes) is 8. The van der Waals surface area contributed by atoms with Crippen LogP contribution in [0.4, 0.5) is 0 Å². The van der Waals surface area contributed by atoms with Crippen LogP contribution in [0.5, 0.6) is 0 Å². The minimum absolute atomic E-state index is 0.0803. The molecule has 2 unspecified atom stereocenters. The lowest BCUT2D eigenvalue weighted by Gasteiger charge is -2.70. The van der Waals surface area contributed by atoms with Crippen molar-refractivity contribution in [3.8, 4) is 0 Å². The molecule has 1 saturated heterocycles. The van der Waals surface area contributed by atoms with Crippen molar-refractivity contribution in [3.05, 3.63) is 60.2 Å². The average Bonchev–Trinajstić information content (AvgIpc) is 3.65. The minimum Gasteiger partial charge on any atom is -0.455 e. The summed E-state index contributed by atoms with van der Waals surface area (Å²) in [7, 11) is 6.40. The minimum atomic E-state index is -1.85. The van der Waals surface area contributed by atoms with Crippen molar-refractivity contribution in [2.24, 2.45) is 34.5 Å². The highest BCUT2D eigenvalue weighted by atomic mass is 16.6. The van der Waals surface area contributed by atoms with Gasteiger partial charge in [0, 0.05) is 82.5 Å². The molecule has 1 aromatic rings. The van der Waals surface area contributed by atoms with Gasteiger partial charge in [0.25, 0.3) is 0 Å². The first-order chi connectivity index (χ1) is 30.0. The number of nitrogens with zero attached hydrogens (tertiary/aromatic N) is 1. The van der Waals surface area contributed by atoms with Gasteiger partial charge in [-0.05, 0) is 69.5 Å². The van der Waals surface area contributed by atoms with Crippen LogP contribution in [0.3, 0.4) is 0 Å². The van der Waals surface area contributed by atoms with Gasteiger partial charge in [-0.2, -0.15) is 0 Å². The molecule has 3 N–H and O–H groups in total. The molecule has 0 radical (unpaired) electrons. The number of aliphatic hydroxyl groups excluding tert-OH is 2. The Labute approximate surface area is 369 Å². The van der Waals surface area contributed by atoms with Crippen molar-refractivity contribution in [1.29, 1.82) is 0 Å². The molecule has 0 aromatic heterocycles. The number of likely N-dealkylation sites (tertiary alicyclic amines) is 1. The zero-order valence-electron chi connectivity index (χ0n) is 38.1. The highest BCUT2D eigenvalue weighted by Gasteiger charge is 2.92. The maximum absolute atomic E-state index is 14.6. The van der Waals surface area contributed by atoms with Crippen molar-refractivity contribution >= 4 is 11.9 Å². The van der Waals surface area contributed by atoms with Gasteiger partial charge < -0.3 is 43.7 Å². The molecule has 0 amide bonds. The predicted molar refractivity (Wildman–Crippen MR) is 234 cm³/mol. The van der Waals surface area contributed by atoms with E-state index in [0.29, 0.717) is 31.5 Å². The topological polar surface area (TPSA) is 153 Å². The molecule has 1 spiro atoms. The fraction of sp³-hybridized carbons (Fsp3) is 0.760. The second-order valence-corrected chi connectivity index (χ2v) is 19.3. The van der Waals surface area contributed by atoms with Gasteiger partial charge in [-0.25, -0.2) is 4.79 Å². The molecule has 12 nitrogen and oxygen atoms in total. The van der Waals surface area contributed by atoms with Gasteiger partial charge >= 0.3 is 11.9 Å². The molecular formula is C50H75NO11. The van der Waals surface area contributed by atoms with E-state index in [-0.39, 0.29) is 31.4 Å². The van der Waals surface area contributed by atoms with Crippen LogP contribution in [0.15, 0.2) is 54.6 Å². The summed E-state index contributed by atoms with van der Waals surface area (Å²) in [5.41, 5.74) is -4.87. The second-order valence-electron chi connectivity index (χ2n) is 19.3. The molecule has 1 aliphatic heterocycles. The number of carbonyl (C=O) groups is 2. The van der Waals surface area contributed by atoms with E-state index in [1.165, 1.54) is 26.4 Å². The van der Waals surface area contributed by atoms with Crippen molar-refractivity contribution in [2.75, 3.05) is 48.1 Å². The van der Waals surface area contributed by atoms with Gasteiger partial charge in [-0.15, -0.1) is 0 Å². The number of hydrogen-bond donors (Lipinski definition) is 3. The smallest absolute Gasteiger partial charge is 0.338 e. The number of ether oxygens (including phenoxy) is 6. The number of methoxy groups -OCH3 is 4. The number of benzene rings is 1. The van der Waals surface area contributed by atoms with E-state index in [2.05, 4.69) is 43.1 Å². The first-order valence-corrected chi connectivity index (χ1v) is 23.7.